The molecule has 2 aliphatic heterocycles. The average Bonchev–Trinajstić information content (AvgIpc) is 3.81. The number of imide groups is 2. The van der Waals surface area contributed by atoms with Crippen molar-refractivity contribution in [2.24, 2.45) is 0 Å². The van der Waals surface area contributed by atoms with E-state index in [4.69, 9.17) is 0 Å². The van der Waals surface area contributed by atoms with E-state index in [1.54, 1.807) is 24.4 Å². The largest absolute Gasteiger partial charge is 0.384 e. The first-order valence-corrected chi connectivity index (χ1v) is 18.3. The molecule has 3 aromatic rings. The van der Waals surface area contributed by atoms with Crippen LogP contribution in [0.15, 0.2) is 36.5 Å². The molecule has 4 heterocycles. The maximum atomic E-state index is 13.2. The van der Waals surface area contributed by atoms with Crippen molar-refractivity contribution in [3.63, 3.8) is 0 Å². The fourth-order valence-electron chi connectivity index (χ4n) is 7.38. The lowest BCUT2D eigenvalue weighted by Gasteiger charge is -2.27. The Morgan fingerprint density at radius 1 is 0.940 bits per heavy atom. The van der Waals surface area contributed by atoms with Crippen molar-refractivity contribution < 1.29 is 24.0 Å². The number of carbonyl (C=O) groups is 5. The maximum Gasteiger partial charge on any atom is 0.264 e. The number of nitrogens with one attached hydrogen (secondary N) is 4. The minimum absolute atomic E-state index is 0.0917. The number of unbranched alkanes of at least 4 members (excludes halogenated alkanes) is 6. The van der Waals surface area contributed by atoms with Gasteiger partial charge in [0.15, 0.2) is 5.65 Å². The Bertz CT molecular complexity index is 1740. The number of aromatic nitrogens is 3. The summed E-state index contributed by atoms with van der Waals surface area (Å²) >= 11 is 0. The second-order valence-corrected chi connectivity index (χ2v) is 13.7. The van der Waals surface area contributed by atoms with Crippen molar-refractivity contribution >= 4 is 46.7 Å². The highest BCUT2D eigenvalue weighted by Crippen LogP contribution is 2.32. The number of hydrogen-bond donors (Lipinski definition) is 4. The summed E-state index contributed by atoms with van der Waals surface area (Å²) in [7, 11) is 0. The van der Waals surface area contributed by atoms with E-state index >= 15 is 0 Å². The van der Waals surface area contributed by atoms with Crippen LogP contribution in [0.5, 0.6) is 0 Å². The van der Waals surface area contributed by atoms with E-state index in [1.807, 2.05) is 10.6 Å². The Kier molecular flexibility index (Phi) is 11.4. The zero-order valence-corrected chi connectivity index (χ0v) is 28.8. The molecule has 3 atom stereocenters. The number of benzene rings is 1. The van der Waals surface area contributed by atoms with E-state index in [0.29, 0.717) is 18.7 Å². The first-order chi connectivity index (χ1) is 24.3. The minimum atomic E-state index is -0.974. The van der Waals surface area contributed by atoms with E-state index in [9.17, 15) is 24.0 Å². The Balaban J connectivity index is 0.829. The number of aryl methyl sites for hydroxylation is 1. The van der Waals surface area contributed by atoms with Gasteiger partial charge in [-0.25, -0.2) is 4.98 Å². The predicted octanol–water partition coefficient (Wildman–Crippen LogP) is 4.77. The monoisotopic (exact) mass is 684 g/mol. The highest BCUT2D eigenvalue weighted by molar-refractivity contribution is 6.25. The molecule has 0 spiro atoms. The van der Waals surface area contributed by atoms with Gasteiger partial charge in [-0.2, -0.15) is 9.61 Å². The van der Waals surface area contributed by atoms with E-state index in [1.165, 1.54) is 0 Å². The molecule has 2 aromatic heterocycles. The molecule has 5 amide bonds. The quantitative estimate of drug-likeness (QED) is 0.116. The van der Waals surface area contributed by atoms with Crippen molar-refractivity contribution in [2.45, 2.75) is 121 Å². The van der Waals surface area contributed by atoms with Gasteiger partial charge in [0.25, 0.3) is 11.8 Å². The van der Waals surface area contributed by atoms with Crippen LogP contribution in [0.2, 0.25) is 0 Å². The SMILES string of the molecule is CCCc1cc(N[C@@H]2CCC(NC(=O)CCCCCCCCCNc3cccc4c3C(=O)N(C3CCC(=O)NC3=O)C4=O)C2)n2nccc2n1. The highest BCUT2D eigenvalue weighted by atomic mass is 16.2. The summed E-state index contributed by atoms with van der Waals surface area (Å²) in [4.78, 5) is 68.5. The Labute approximate surface area is 292 Å². The molecule has 1 saturated carbocycles. The predicted molar refractivity (Wildman–Crippen MR) is 189 cm³/mol. The van der Waals surface area contributed by atoms with Gasteiger partial charge in [0.1, 0.15) is 11.9 Å². The number of nitrogens with zero attached hydrogens (tertiary/aromatic N) is 4. The van der Waals surface area contributed by atoms with Gasteiger partial charge in [-0.15, -0.1) is 0 Å². The Morgan fingerprint density at radius 3 is 2.52 bits per heavy atom. The molecule has 4 N–H and O–H groups in total. The normalized spacial score (nSPS) is 20.3. The molecule has 266 valence electrons. The topological polar surface area (TPSA) is 167 Å². The van der Waals surface area contributed by atoms with Crippen LogP contribution in [0.25, 0.3) is 5.65 Å². The fraction of sp³-hybridized carbons (Fsp3) is 0.541. The standard InChI is InChI=1S/C37H48N8O5/c1-2-11-24-23-31(45-30(40-24)19-21-39-45)41-25-15-16-26(22-25)42-32(46)14-8-6-4-3-5-7-9-20-38-28-13-10-12-27-34(28)37(50)44(36(27)49)29-17-18-33(47)43-35(29)48/h10,12-13,19,21,23,25-26,29,38,41H,2-9,11,14-18,20,22H2,1H3,(H,42,46)(H,43,47,48)/t25-,26?,29?/m1/s1. The number of piperidine rings is 1. The van der Waals surface area contributed by atoms with Gasteiger partial charge in [0.05, 0.1) is 17.3 Å². The lowest BCUT2D eigenvalue weighted by Crippen LogP contribution is -2.54. The Hall–Kier alpha value is -4.81. The van der Waals surface area contributed by atoms with Gasteiger partial charge < -0.3 is 16.0 Å². The van der Waals surface area contributed by atoms with Gasteiger partial charge in [0.2, 0.25) is 17.7 Å². The van der Waals surface area contributed by atoms with E-state index in [-0.39, 0.29) is 42.0 Å². The molecular formula is C37H48N8O5. The molecular weight excluding hydrogens is 636 g/mol. The lowest BCUT2D eigenvalue weighted by molar-refractivity contribution is -0.136. The average molecular weight is 685 g/mol. The number of fused-ring (bicyclic) bond motifs is 2. The van der Waals surface area contributed by atoms with E-state index in [0.717, 1.165) is 99.1 Å². The zero-order chi connectivity index (χ0) is 35.0. The Morgan fingerprint density at radius 2 is 1.72 bits per heavy atom. The molecule has 50 heavy (non-hydrogen) atoms. The van der Waals surface area contributed by atoms with Crippen LogP contribution in [0, 0.1) is 0 Å². The molecule has 13 nitrogen and oxygen atoms in total. The summed E-state index contributed by atoms with van der Waals surface area (Å²) in [6, 6.07) is 8.64. The smallest absolute Gasteiger partial charge is 0.264 e. The third-order valence-corrected chi connectivity index (χ3v) is 9.93. The van der Waals surface area contributed by atoms with Crippen LogP contribution < -0.4 is 21.3 Å². The van der Waals surface area contributed by atoms with Gasteiger partial charge in [0, 0.05) is 55.0 Å². The van der Waals surface area contributed by atoms with Crippen molar-refractivity contribution in [3.05, 3.63) is 53.3 Å². The minimum Gasteiger partial charge on any atom is -0.384 e. The van der Waals surface area contributed by atoms with Crippen molar-refractivity contribution in [1.82, 2.24) is 30.1 Å². The first kappa shape index (κ1) is 35.0. The zero-order valence-electron chi connectivity index (χ0n) is 28.8. The fourth-order valence-corrected chi connectivity index (χ4v) is 7.38. The lowest BCUT2D eigenvalue weighted by atomic mass is 10.0. The van der Waals surface area contributed by atoms with Crippen LogP contribution >= 0.6 is 0 Å². The van der Waals surface area contributed by atoms with Crippen LogP contribution in [0.4, 0.5) is 11.5 Å². The summed E-state index contributed by atoms with van der Waals surface area (Å²) in [5.41, 5.74) is 3.07. The molecule has 1 aliphatic carbocycles. The summed E-state index contributed by atoms with van der Waals surface area (Å²) in [5, 5.41) is 16.9. The summed E-state index contributed by atoms with van der Waals surface area (Å²) in [6.07, 6.45) is 14.5. The third kappa shape index (κ3) is 8.14. The molecule has 0 bridgehead atoms. The molecule has 2 fully saturated rings. The van der Waals surface area contributed by atoms with Crippen LogP contribution in [0.3, 0.4) is 0 Å². The third-order valence-electron chi connectivity index (χ3n) is 9.93. The van der Waals surface area contributed by atoms with Crippen molar-refractivity contribution in [2.75, 3.05) is 17.2 Å². The molecule has 1 saturated heterocycles. The maximum absolute atomic E-state index is 13.2. The van der Waals surface area contributed by atoms with Gasteiger partial charge in [-0.1, -0.05) is 51.5 Å². The number of rotatable bonds is 17. The molecule has 1 aromatic carbocycles. The highest BCUT2D eigenvalue weighted by Gasteiger charge is 2.45. The molecule has 13 heteroatoms. The van der Waals surface area contributed by atoms with Gasteiger partial charge in [-0.3, -0.25) is 34.2 Å². The van der Waals surface area contributed by atoms with Crippen LogP contribution in [-0.2, 0) is 20.8 Å². The van der Waals surface area contributed by atoms with E-state index in [2.05, 4.69) is 44.3 Å². The van der Waals surface area contributed by atoms with E-state index < -0.39 is 29.7 Å². The second kappa shape index (κ2) is 16.3. The molecule has 6 rings (SSSR count). The van der Waals surface area contributed by atoms with Gasteiger partial charge >= 0.3 is 0 Å². The van der Waals surface area contributed by atoms with Crippen LogP contribution in [0.1, 0.15) is 123 Å². The summed E-state index contributed by atoms with van der Waals surface area (Å²) in [5.74, 6) is -0.906. The summed E-state index contributed by atoms with van der Waals surface area (Å²) in [6.45, 7) is 2.81. The second-order valence-electron chi connectivity index (χ2n) is 13.7. The number of hydrogen-bond acceptors (Lipinski definition) is 9. The van der Waals surface area contributed by atoms with Crippen molar-refractivity contribution in [1.29, 1.82) is 0 Å². The number of carbonyl (C=O) groups excluding carboxylic acids is 5. The van der Waals surface area contributed by atoms with Gasteiger partial charge in [-0.05, 0) is 57.1 Å². The molecule has 2 unspecified atom stereocenters. The molecule has 0 radical (unpaired) electrons. The summed E-state index contributed by atoms with van der Waals surface area (Å²) < 4.78 is 1.85. The van der Waals surface area contributed by atoms with Crippen molar-refractivity contribution in [3.8, 4) is 0 Å². The first-order valence-electron chi connectivity index (χ1n) is 18.3. The van der Waals surface area contributed by atoms with Crippen LogP contribution in [-0.4, -0.2) is 73.7 Å². The number of anilines is 2. The number of amides is 5. The molecule has 3 aliphatic rings.